The molecule has 0 bridgehead atoms. The fourth-order valence-electron chi connectivity index (χ4n) is 6.02. The molecule has 0 aliphatic heterocycles. The number of rotatable bonds is 3. The average molecular weight is 560 g/mol. The molecule has 200 valence electrons. The Morgan fingerprint density at radius 2 is 0.953 bits per heavy atom. The molecule has 9 aromatic rings. The van der Waals surface area contributed by atoms with Crippen LogP contribution in [0.5, 0.6) is 0 Å². The van der Waals surface area contributed by atoms with E-state index in [1.165, 1.54) is 0 Å². The van der Waals surface area contributed by atoms with E-state index in [1.54, 1.807) is 18.2 Å². The second-order valence-electron chi connectivity index (χ2n) is 10.3. The Kier molecular flexibility index (Phi) is 3.18. The molecule has 43 heavy (non-hydrogen) atoms. The standard InChI is InChI=1S/C42H26O/c1-2-11-28(12-3-1)41-34-14-6-8-16-36(34)42(37-17-9-7-15-35(37)41)32-20-22-33-38-25-31(21-23-39(38)43-40(33)26-32)30-19-18-27-10-4-5-13-29(27)24-30/h1-26H/i1D,2D,3D,6D,7D,8D,9D,11D,12D,14D,15D,16D,17D. The molecule has 1 heterocycles. The molecule has 0 aliphatic rings. The van der Waals surface area contributed by atoms with E-state index in [9.17, 15) is 2.74 Å². The first-order valence-electron chi connectivity index (χ1n) is 20.2. The highest BCUT2D eigenvalue weighted by Gasteiger charge is 2.17. The van der Waals surface area contributed by atoms with E-state index in [1.807, 2.05) is 30.3 Å². The van der Waals surface area contributed by atoms with E-state index in [4.69, 9.17) is 19.5 Å². The summed E-state index contributed by atoms with van der Waals surface area (Å²) in [5.74, 6) is 0. The molecule has 0 atom stereocenters. The third kappa shape index (κ3) is 3.79. The minimum atomic E-state index is -0.716. The maximum absolute atomic E-state index is 9.20. The third-order valence-corrected chi connectivity index (χ3v) is 7.97. The number of benzene rings is 8. The number of hydrogen-bond donors (Lipinski definition) is 0. The third-order valence-electron chi connectivity index (χ3n) is 7.97. The Morgan fingerprint density at radius 3 is 1.67 bits per heavy atom. The van der Waals surface area contributed by atoms with E-state index in [-0.39, 0.29) is 32.7 Å². The smallest absolute Gasteiger partial charge is 0.136 e. The zero-order chi connectivity index (χ0) is 39.6. The lowest BCUT2D eigenvalue weighted by molar-refractivity contribution is 0.669. The Morgan fingerprint density at radius 1 is 0.372 bits per heavy atom. The van der Waals surface area contributed by atoms with Gasteiger partial charge in [-0.3, -0.25) is 0 Å². The van der Waals surface area contributed by atoms with Crippen LogP contribution in [0.1, 0.15) is 17.8 Å². The number of furan rings is 1. The second-order valence-corrected chi connectivity index (χ2v) is 10.3. The van der Waals surface area contributed by atoms with Crippen molar-refractivity contribution in [2.24, 2.45) is 0 Å². The summed E-state index contributed by atoms with van der Waals surface area (Å²) in [5.41, 5.74) is 2.54. The highest BCUT2D eigenvalue weighted by Crippen LogP contribution is 2.44. The van der Waals surface area contributed by atoms with E-state index in [2.05, 4.69) is 30.3 Å². The molecule has 9 rings (SSSR count). The number of fused-ring (bicyclic) bond motifs is 6. The van der Waals surface area contributed by atoms with Crippen LogP contribution in [0, 0.1) is 0 Å². The fourth-order valence-corrected chi connectivity index (χ4v) is 6.02. The van der Waals surface area contributed by atoms with Crippen LogP contribution < -0.4 is 0 Å². The molecule has 1 aromatic heterocycles. The van der Waals surface area contributed by atoms with Gasteiger partial charge >= 0.3 is 0 Å². The van der Waals surface area contributed by atoms with Crippen molar-refractivity contribution in [3.05, 3.63) is 157 Å². The molecule has 1 heteroatoms. The minimum absolute atomic E-state index is 0.0457. The topological polar surface area (TPSA) is 13.1 Å². The van der Waals surface area contributed by atoms with Crippen molar-refractivity contribution in [2.45, 2.75) is 0 Å². The average Bonchev–Trinajstić information content (AvgIpc) is 3.58. The van der Waals surface area contributed by atoms with Gasteiger partial charge in [0.25, 0.3) is 0 Å². The summed E-state index contributed by atoms with van der Waals surface area (Å²) in [6.07, 6.45) is 0. The molecular weight excluding hydrogens is 520 g/mol. The van der Waals surface area contributed by atoms with Crippen molar-refractivity contribution in [3.8, 4) is 33.4 Å². The molecule has 1 nitrogen and oxygen atoms in total. The summed E-state index contributed by atoms with van der Waals surface area (Å²) >= 11 is 0. The molecular formula is C42H26O. The lowest BCUT2D eigenvalue weighted by Gasteiger charge is -2.17. The quantitative estimate of drug-likeness (QED) is 0.196. The van der Waals surface area contributed by atoms with Crippen LogP contribution in [-0.2, 0) is 0 Å². The maximum Gasteiger partial charge on any atom is 0.136 e. The largest absolute Gasteiger partial charge is 0.456 e. The van der Waals surface area contributed by atoms with Gasteiger partial charge in [-0.15, -0.1) is 0 Å². The predicted molar refractivity (Wildman–Crippen MR) is 183 cm³/mol. The first kappa shape index (κ1) is 14.5. The van der Waals surface area contributed by atoms with Crippen LogP contribution in [-0.4, -0.2) is 0 Å². The minimum Gasteiger partial charge on any atom is -0.456 e. The molecule has 0 saturated heterocycles. The predicted octanol–water partition coefficient (Wildman–Crippen LogP) is 12.0. The Balaban J connectivity index is 1.41. The van der Waals surface area contributed by atoms with Gasteiger partial charge in [-0.25, -0.2) is 0 Å². The highest BCUT2D eigenvalue weighted by atomic mass is 16.3. The molecule has 0 fully saturated rings. The van der Waals surface area contributed by atoms with Crippen LogP contribution in [0.4, 0.5) is 0 Å². The summed E-state index contributed by atoms with van der Waals surface area (Å²) in [5, 5.41) is 2.95. The van der Waals surface area contributed by atoms with Gasteiger partial charge in [0.2, 0.25) is 0 Å². The Bertz CT molecular complexity index is 3130. The van der Waals surface area contributed by atoms with Gasteiger partial charge < -0.3 is 4.42 Å². The van der Waals surface area contributed by atoms with Crippen LogP contribution in [0.2, 0.25) is 0 Å². The summed E-state index contributed by atoms with van der Waals surface area (Å²) in [7, 11) is 0. The Hall–Kier alpha value is -5.66. The lowest BCUT2D eigenvalue weighted by Crippen LogP contribution is -1.90. The van der Waals surface area contributed by atoms with Gasteiger partial charge in [0.15, 0.2) is 0 Å². The SMILES string of the molecule is [2H]c1c([2H])c([2H])c(-c2c3c([2H])c([2H])c([2H])c([2H])c3c(-c3ccc4c(c3)oc3ccc(-c5ccc6ccccc6c5)cc34)c3c([2H])c([2H])c([2H])c([2H])c23)c([2H])c1[2H]. The van der Waals surface area contributed by atoms with Crippen molar-refractivity contribution in [3.63, 3.8) is 0 Å². The maximum atomic E-state index is 9.20. The summed E-state index contributed by atoms with van der Waals surface area (Å²) in [6.45, 7) is 0. The van der Waals surface area contributed by atoms with Crippen LogP contribution in [0.15, 0.2) is 162 Å². The zero-order valence-corrected chi connectivity index (χ0v) is 22.4. The van der Waals surface area contributed by atoms with Gasteiger partial charge in [-0.2, -0.15) is 0 Å². The van der Waals surface area contributed by atoms with E-state index >= 15 is 0 Å². The number of hydrogen-bond acceptors (Lipinski definition) is 1. The molecule has 0 aliphatic carbocycles. The molecule has 0 radical (unpaired) electrons. The summed E-state index contributed by atoms with van der Waals surface area (Å²) < 4.78 is 120. The van der Waals surface area contributed by atoms with Gasteiger partial charge in [-0.1, -0.05) is 127 Å². The normalized spacial score (nSPS) is 16.0. The first-order chi connectivity index (χ1) is 26.7. The van der Waals surface area contributed by atoms with Gasteiger partial charge in [-0.05, 0) is 96.0 Å². The molecule has 0 unspecified atom stereocenters. The van der Waals surface area contributed by atoms with Gasteiger partial charge in [0.1, 0.15) is 11.2 Å². The Labute approximate surface area is 267 Å². The van der Waals surface area contributed by atoms with Crippen LogP contribution >= 0.6 is 0 Å². The van der Waals surface area contributed by atoms with Crippen molar-refractivity contribution in [1.82, 2.24) is 0 Å². The molecule has 0 spiro atoms. The molecule has 0 saturated carbocycles. The second kappa shape index (κ2) is 9.44. The van der Waals surface area contributed by atoms with Crippen LogP contribution in [0.25, 0.3) is 87.6 Å². The van der Waals surface area contributed by atoms with Crippen molar-refractivity contribution >= 4 is 54.3 Å². The highest BCUT2D eigenvalue weighted by molar-refractivity contribution is 6.22. The van der Waals surface area contributed by atoms with Crippen molar-refractivity contribution < 1.29 is 22.2 Å². The zero-order valence-electron chi connectivity index (χ0n) is 35.4. The molecule has 0 amide bonds. The lowest BCUT2D eigenvalue weighted by atomic mass is 9.86. The van der Waals surface area contributed by atoms with E-state index in [0.717, 1.165) is 32.7 Å². The summed E-state index contributed by atoms with van der Waals surface area (Å²) in [6, 6.07) is 16.9. The molecule has 0 N–H and O–H groups in total. The van der Waals surface area contributed by atoms with Crippen molar-refractivity contribution in [1.29, 1.82) is 0 Å². The first-order valence-corrected chi connectivity index (χ1v) is 13.7. The van der Waals surface area contributed by atoms with Crippen LogP contribution in [0.3, 0.4) is 0 Å². The van der Waals surface area contributed by atoms with Gasteiger partial charge in [0.05, 0.1) is 17.8 Å². The monoisotopic (exact) mass is 559 g/mol. The van der Waals surface area contributed by atoms with E-state index < -0.39 is 84.1 Å². The van der Waals surface area contributed by atoms with E-state index in [0.29, 0.717) is 16.7 Å². The van der Waals surface area contributed by atoms with Crippen molar-refractivity contribution in [2.75, 3.05) is 0 Å². The summed E-state index contributed by atoms with van der Waals surface area (Å²) in [4.78, 5) is 0. The molecule has 8 aromatic carbocycles. The fraction of sp³-hybridized carbons (Fsp3) is 0. The van der Waals surface area contributed by atoms with Gasteiger partial charge in [0, 0.05) is 10.8 Å².